The largest absolute Gasteiger partial charge is 0.464 e. The van der Waals surface area contributed by atoms with Crippen molar-refractivity contribution >= 4 is 34.8 Å². The lowest BCUT2D eigenvalue weighted by molar-refractivity contribution is -0.148. The molecule has 42 heavy (non-hydrogen) atoms. The fourth-order valence-corrected chi connectivity index (χ4v) is 4.47. The van der Waals surface area contributed by atoms with Crippen LogP contribution in [0.15, 0.2) is 30.5 Å². The van der Waals surface area contributed by atoms with Crippen molar-refractivity contribution in [2.75, 3.05) is 19.7 Å². The molecule has 1 aromatic heterocycles. The van der Waals surface area contributed by atoms with Gasteiger partial charge >= 0.3 is 12.1 Å². The summed E-state index contributed by atoms with van der Waals surface area (Å²) in [5, 5.41) is 9.14. The van der Waals surface area contributed by atoms with Crippen molar-refractivity contribution in [1.82, 2.24) is 20.9 Å². The molecule has 1 aromatic carbocycles. The second kappa shape index (κ2) is 17.3. The summed E-state index contributed by atoms with van der Waals surface area (Å²) < 4.78 is 10.5. The van der Waals surface area contributed by atoms with Gasteiger partial charge in [0, 0.05) is 23.5 Å². The minimum atomic E-state index is -1.06. The number of nitrogens with one attached hydrogen (secondary N) is 4. The molecule has 0 aliphatic heterocycles. The van der Waals surface area contributed by atoms with E-state index in [-0.39, 0.29) is 13.0 Å². The molecule has 3 amide bonds. The first-order valence-corrected chi connectivity index (χ1v) is 14.7. The molecule has 2 rings (SSSR count). The van der Waals surface area contributed by atoms with E-state index in [0.717, 1.165) is 16.5 Å². The SMILES string of the molecule is CCOC(=O)[C@H](CCCCN)NC(=O)[C@H](Cc1c[nH]c2ccccc12)NC(=O)[C@H](CCCCN)NC(=O)OC(C)(C)C. The zero-order valence-corrected chi connectivity index (χ0v) is 25.3. The van der Waals surface area contributed by atoms with E-state index in [4.69, 9.17) is 20.9 Å². The highest BCUT2D eigenvalue weighted by Crippen LogP contribution is 2.20. The molecule has 2 aromatic rings. The number of alkyl carbamates (subject to hydrolysis) is 1. The van der Waals surface area contributed by atoms with Gasteiger partial charge < -0.3 is 41.9 Å². The Morgan fingerprint density at radius 1 is 0.857 bits per heavy atom. The molecule has 0 aliphatic carbocycles. The number of nitrogens with two attached hydrogens (primary N) is 2. The fourth-order valence-electron chi connectivity index (χ4n) is 4.47. The van der Waals surface area contributed by atoms with Crippen molar-refractivity contribution in [2.45, 2.75) is 96.4 Å². The van der Waals surface area contributed by atoms with E-state index in [1.54, 1.807) is 33.9 Å². The number of amides is 3. The van der Waals surface area contributed by atoms with Gasteiger partial charge in [0.1, 0.15) is 23.7 Å². The highest BCUT2D eigenvalue weighted by atomic mass is 16.6. The summed E-state index contributed by atoms with van der Waals surface area (Å²) in [4.78, 5) is 55.7. The van der Waals surface area contributed by atoms with Gasteiger partial charge in [0.15, 0.2) is 0 Å². The Kier molecular flexibility index (Phi) is 14.3. The predicted octanol–water partition coefficient (Wildman–Crippen LogP) is 2.39. The van der Waals surface area contributed by atoms with Gasteiger partial charge in [-0.25, -0.2) is 9.59 Å². The van der Waals surface area contributed by atoms with Crippen LogP contribution in [0.2, 0.25) is 0 Å². The minimum absolute atomic E-state index is 0.141. The van der Waals surface area contributed by atoms with Crippen molar-refractivity contribution in [3.8, 4) is 0 Å². The van der Waals surface area contributed by atoms with E-state index in [2.05, 4.69) is 20.9 Å². The summed E-state index contributed by atoms with van der Waals surface area (Å²) in [6.07, 6.45) is 4.37. The van der Waals surface area contributed by atoms with Crippen LogP contribution in [0.25, 0.3) is 10.9 Å². The summed E-state index contributed by atoms with van der Waals surface area (Å²) in [6, 6.07) is 4.71. The van der Waals surface area contributed by atoms with Crippen LogP contribution in [0.3, 0.4) is 0 Å². The summed E-state index contributed by atoms with van der Waals surface area (Å²) in [7, 11) is 0. The molecule has 0 aliphatic rings. The van der Waals surface area contributed by atoms with Crippen molar-refractivity contribution in [1.29, 1.82) is 0 Å². The van der Waals surface area contributed by atoms with Gasteiger partial charge in [-0.1, -0.05) is 18.2 Å². The molecule has 0 radical (unpaired) electrons. The third-order valence-electron chi connectivity index (χ3n) is 6.52. The summed E-state index contributed by atoms with van der Waals surface area (Å²) in [5.74, 6) is -1.64. The van der Waals surface area contributed by atoms with Gasteiger partial charge in [0.05, 0.1) is 6.61 Å². The van der Waals surface area contributed by atoms with Crippen LogP contribution < -0.4 is 27.4 Å². The monoisotopic (exact) mass is 588 g/mol. The van der Waals surface area contributed by atoms with Gasteiger partial charge in [-0.2, -0.15) is 0 Å². The van der Waals surface area contributed by atoms with Gasteiger partial charge in [-0.3, -0.25) is 9.59 Å². The topological polar surface area (TPSA) is 191 Å². The number of aromatic nitrogens is 1. The molecule has 0 bridgehead atoms. The second-order valence-electron chi connectivity index (χ2n) is 11.2. The summed E-state index contributed by atoms with van der Waals surface area (Å²) >= 11 is 0. The molecule has 1 heterocycles. The number of esters is 1. The lowest BCUT2D eigenvalue weighted by Crippen LogP contribution is -2.56. The van der Waals surface area contributed by atoms with E-state index in [1.807, 2.05) is 24.3 Å². The fraction of sp³-hybridized carbons (Fsp3) is 0.600. The number of para-hydroxylation sites is 1. The quantitative estimate of drug-likeness (QED) is 0.120. The number of aromatic amines is 1. The van der Waals surface area contributed by atoms with Gasteiger partial charge in [-0.15, -0.1) is 0 Å². The number of benzene rings is 1. The first-order valence-electron chi connectivity index (χ1n) is 14.7. The van der Waals surface area contributed by atoms with Crippen molar-refractivity contribution < 1.29 is 28.7 Å². The minimum Gasteiger partial charge on any atom is -0.464 e. The number of carbonyl (C=O) groups is 4. The van der Waals surface area contributed by atoms with Crippen molar-refractivity contribution in [3.63, 3.8) is 0 Å². The Morgan fingerprint density at radius 2 is 1.45 bits per heavy atom. The van der Waals surface area contributed by atoms with Gasteiger partial charge in [0.25, 0.3) is 0 Å². The molecule has 0 unspecified atom stereocenters. The highest BCUT2D eigenvalue weighted by Gasteiger charge is 2.31. The van der Waals surface area contributed by atoms with E-state index < -0.39 is 47.6 Å². The van der Waals surface area contributed by atoms with Crippen LogP contribution in [0, 0.1) is 0 Å². The van der Waals surface area contributed by atoms with E-state index in [9.17, 15) is 19.2 Å². The average molecular weight is 589 g/mol. The molecule has 0 fully saturated rings. The highest BCUT2D eigenvalue weighted by molar-refractivity contribution is 5.94. The first-order chi connectivity index (χ1) is 20.0. The number of fused-ring (bicyclic) bond motifs is 1. The van der Waals surface area contributed by atoms with Gasteiger partial charge in [-0.05, 0) is 90.9 Å². The van der Waals surface area contributed by atoms with Crippen LogP contribution in [0.4, 0.5) is 4.79 Å². The van der Waals surface area contributed by atoms with Crippen LogP contribution >= 0.6 is 0 Å². The third kappa shape index (κ3) is 11.7. The first kappa shape index (κ1) is 34.6. The van der Waals surface area contributed by atoms with Crippen LogP contribution in [0.5, 0.6) is 0 Å². The maximum atomic E-state index is 13.7. The van der Waals surface area contributed by atoms with E-state index in [0.29, 0.717) is 51.6 Å². The molecule has 234 valence electrons. The molecular formula is C30H48N6O6. The molecule has 12 nitrogen and oxygen atoms in total. The average Bonchev–Trinajstić information content (AvgIpc) is 3.33. The van der Waals surface area contributed by atoms with Crippen LogP contribution in [-0.4, -0.2) is 72.3 Å². The number of carbonyl (C=O) groups excluding carboxylic acids is 4. The lowest BCUT2D eigenvalue weighted by atomic mass is 10.0. The van der Waals surface area contributed by atoms with Crippen molar-refractivity contribution in [3.05, 3.63) is 36.0 Å². The molecule has 8 N–H and O–H groups in total. The van der Waals surface area contributed by atoms with Crippen molar-refractivity contribution in [2.24, 2.45) is 11.5 Å². The zero-order chi connectivity index (χ0) is 31.1. The van der Waals surface area contributed by atoms with E-state index >= 15 is 0 Å². The van der Waals surface area contributed by atoms with Gasteiger partial charge in [0.2, 0.25) is 11.8 Å². The number of ether oxygens (including phenoxy) is 2. The molecule has 0 spiro atoms. The third-order valence-corrected chi connectivity index (χ3v) is 6.52. The summed E-state index contributed by atoms with van der Waals surface area (Å²) in [6.45, 7) is 7.93. The molecule has 3 atom stereocenters. The molecular weight excluding hydrogens is 540 g/mol. The number of unbranched alkanes of at least 4 members (excludes halogenated alkanes) is 2. The number of hydrogen-bond donors (Lipinski definition) is 6. The molecule has 0 saturated carbocycles. The Bertz CT molecular complexity index is 1160. The zero-order valence-electron chi connectivity index (χ0n) is 25.3. The molecule has 12 heteroatoms. The molecule has 0 saturated heterocycles. The predicted molar refractivity (Wildman–Crippen MR) is 161 cm³/mol. The number of H-pyrrole nitrogens is 1. The lowest BCUT2D eigenvalue weighted by Gasteiger charge is -2.26. The van der Waals surface area contributed by atoms with Crippen LogP contribution in [-0.2, 0) is 30.3 Å². The summed E-state index contributed by atoms with van der Waals surface area (Å²) in [5.41, 5.74) is 12.2. The van der Waals surface area contributed by atoms with E-state index in [1.165, 1.54) is 0 Å². The smallest absolute Gasteiger partial charge is 0.408 e. The Labute approximate surface area is 248 Å². The number of rotatable bonds is 17. The van der Waals surface area contributed by atoms with Crippen LogP contribution in [0.1, 0.15) is 71.8 Å². The number of hydrogen-bond acceptors (Lipinski definition) is 8. The standard InChI is InChI=1S/C30H48N6O6/c1-5-41-28(39)24(15-9-11-17-32)34-27(38)25(18-20-19-33-22-13-7-6-12-21(20)22)35-26(37)23(14-8-10-16-31)36-29(40)42-30(2,3)4/h6-7,12-13,19,23-25,33H,5,8-11,14-18,31-32H2,1-4H3,(H,34,38)(H,35,37)(H,36,40)/t23-,24-,25-/m0/s1. The Hall–Kier alpha value is -3.64. The maximum Gasteiger partial charge on any atom is 0.408 e. The second-order valence-corrected chi connectivity index (χ2v) is 11.2. The normalized spacial score (nSPS) is 13.6. The Morgan fingerprint density at radius 3 is 2.07 bits per heavy atom. The Balaban J connectivity index is 2.33. The maximum absolute atomic E-state index is 13.7.